The van der Waals surface area contributed by atoms with Gasteiger partial charge >= 0.3 is 10.1 Å². The van der Waals surface area contributed by atoms with Crippen molar-refractivity contribution in [1.29, 1.82) is 0 Å². The Labute approximate surface area is 128 Å². The highest BCUT2D eigenvalue weighted by Gasteiger charge is 2.22. The van der Waals surface area contributed by atoms with Crippen LogP contribution in [0.1, 0.15) is 49.9 Å². The first-order chi connectivity index (χ1) is 9.30. The number of hydrogen-bond donors (Lipinski definition) is 1. The summed E-state index contributed by atoms with van der Waals surface area (Å²) in [5.74, 6) is 0.531. The molecule has 0 spiro atoms. The van der Waals surface area contributed by atoms with E-state index >= 15 is 0 Å². The maximum absolute atomic E-state index is 11.6. The van der Waals surface area contributed by atoms with Gasteiger partial charge in [0.15, 0.2) is 0 Å². The van der Waals surface area contributed by atoms with E-state index in [0.717, 1.165) is 59.1 Å². The maximum Gasteiger partial charge on any atom is 0.306 e. The van der Waals surface area contributed by atoms with E-state index < -0.39 is 10.1 Å². The first-order valence-electron chi connectivity index (χ1n) is 7.08. The predicted octanol–water partition coefficient (Wildman–Crippen LogP) is 3.56. The van der Waals surface area contributed by atoms with Crippen molar-refractivity contribution < 1.29 is 12.6 Å². The van der Waals surface area contributed by atoms with E-state index in [1.54, 1.807) is 0 Å². The topological polar surface area (TPSA) is 43.4 Å². The molecule has 0 N–H and O–H groups in total. The maximum atomic E-state index is 11.6. The van der Waals surface area contributed by atoms with Gasteiger partial charge in [0, 0.05) is 16.0 Å². The normalized spacial score (nSPS) is 11.7. The van der Waals surface area contributed by atoms with Crippen molar-refractivity contribution in [3.63, 3.8) is 0 Å². The molecule has 1 rings (SSSR count). The van der Waals surface area contributed by atoms with Gasteiger partial charge in [0.05, 0.1) is 6.26 Å². The van der Waals surface area contributed by atoms with E-state index in [1.165, 1.54) is 0 Å². The van der Waals surface area contributed by atoms with Crippen molar-refractivity contribution in [3.8, 4) is 5.75 Å². The quantitative estimate of drug-likeness (QED) is 0.644. The molecule has 1 aromatic rings. The van der Waals surface area contributed by atoms with E-state index in [1.807, 2.05) is 13.8 Å². The zero-order valence-corrected chi connectivity index (χ0v) is 14.6. The fourth-order valence-electron chi connectivity index (χ4n) is 2.69. The Morgan fingerprint density at radius 2 is 1.20 bits per heavy atom. The van der Waals surface area contributed by atoms with Crippen molar-refractivity contribution in [1.82, 2.24) is 0 Å². The van der Waals surface area contributed by atoms with E-state index in [4.69, 9.17) is 4.18 Å². The number of benzene rings is 1. The minimum absolute atomic E-state index is 0.531. The van der Waals surface area contributed by atoms with Gasteiger partial charge in [-0.1, -0.05) is 27.7 Å². The molecule has 0 unspecified atom stereocenters. The summed E-state index contributed by atoms with van der Waals surface area (Å²) in [5, 5.41) is 0. The smallest absolute Gasteiger partial charge is 0.306 e. The third-order valence-electron chi connectivity index (χ3n) is 3.50. The van der Waals surface area contributed by atoms with E-state index in [-0.39, 0.29) is 0 Å². The molecule has 20 heavy (non-hydrogen) atoms. The van der Waals surface area contributed by atoms with Gasteiger partial charge in [-0.05, 0) is 36.8 Å². The summed E-state index contributed by atoms with van der Waals surface area (Å²) in [6.07, 6.45) is 4.20. The Morgan fingerprint density at radius 1 is 0.850 bits per heavy atom. The first-order valence-corrected chi connectivity index (χ1v) is 9.34. The van der Waals surface area contributed by atoms with Crippen LogP contribution in [0.25, 0.3) is 0 Å². The number of thiol groups is 1. The van der Waals surface area contributed by atoms with Crippen molar-refractivity contribution in [3.05, 3.63) is 22.3 Å². The molecule has 0 bridgehead atoms. The van der Waals surface area contributed by atoms with Gasteiger partial charge in [-0.25, -0.2) is 0 Å². The standard InChI is InChI=1S/C15H24O3S2/c1-6-10-12(8-3)15(19)13(9-4)11(7-2)14(10)18-20(5,16)17/h19H,6-9H2,1-5H3. The second kappa shape index (κ2) is 6.85. The van der Waals surface area contributed by atoms with Gasteiger partial charge in [0.2, 0.25) is 0 Å². The molecule has 0 aliphatic carbocycles. The van der Waals surface area contributed by atoms with Crippen LogP contribution >= 0.6 is 12.6 Å². The van der Waals surface area contributed by atoms with E-state index in [0.29, 0.717) is 5.75 Å². The summed E-state index contributed by atoms with van der Waals surface area (Å²) < 4.78 is 28.5. The lowest BCUT2D eigenvalue weighted by Gasteiger charge is -2.22. The lowest BCUT2D eigenvalue weighted by molar-refractivity contribution is 0.485. The fourth-order valence-corrected chi connectivity index (χ4v) is 3.78. The largest absolute Gasteiger partial charge is 0.382 e. The van der Waals surface area contributed by atoms with Crippen LogP contribution in [0.4, 0.5) is 0 Å². The molecule has 3 nitrogen and oxygen atoms in total. The van der Waals surface area contributed by atoms with Crippen molar-refractivity contribution in [2.24, 2.45) is 0 Å². The van der Waals surface area contributed by atoms with Gasteiger partial charge < -0.3 is 4.18 Å². The van der Waals surface area contributed by atoms with Crippen LogP contribution in [0, 0.1) is 0 Å². The molecule has 0 saturated heterocycles. The molecule has 0 heterocycles. The summed E-state index contributed by atoms with van der Waals surface area (Å²) in [4.78, 5) is 0.990. The molecule has 114 valence electrons. The number of hydrogen-bond acceptors (Lipinski definition) is 4. The van der Waals surface area contributed by atoms with Crippen LogP contribution in [-0.2, 0) is 35.8 Å². The summed E-state index contributed by atoms with van der Waals surface area (Å²) in [7, 11) is -3.53. The SMILES string of the molecule is CCc1c(S)c(CC)c(CC)c(OS(C)(=O)=O)c1CC. The lowest BCUT2D eigenvalue weighted by Crippen LogP contribution is -2.13. The van der Waals surface area contributed by atoms with Crippen LogP contribution in [0.15, 0.2) is 4.90 Å². The molecule has 0 amide bonds. The lowest BCUT2D eigenvalue weighted by atomic mass is 9.91. The molecular formula is C15H24O3S2. The second-order valence-electron chi connectivity index (χ2n) is 4.79. The average Bonchev–Trinajstić information content (AvgIpc) is 2.37. The molecule has 5 heteroatoms. The summed E-state index contributed by atoms with van der Waals surface area (Å²) in [5.41, 5.74) is 4.14. The Bertz CT molecular complexity index is 557. The third kappa shape index (κ3) is 3.50. The van der Waals surface area contributed by atoms with Gasteiger partial charge in [0.25, 0.3) is 0 Å². The average molecular weight is 316 g/mol. The zero-order chi connectivity index (χ0) is 15.5. The van der Waals surface area contributed by atoms with Crippen LogP contribution in [-0.4, -0.2) is 14.7 Å². The molecule has 0 aromatic heterocycles. The van der Waals surface area contributed by atoms with Crippen molar-refractivity contribution in [2.75, 3.05) is 6.26 Å². The molecule has 0 atom stereocenters. The minimum Gasteiger partial charge on any atom is -0.382 e. The molecule has 0 radical (unpaired) electrons. The van der Waals surface area contributed by atoms with Crippen LogP contribution in [0.3, 0.4) is 0 Å². The molecule has 0 aliphatic heterocycles. The molecule has 0 aliphatic rings. The highest BCUT2D eigenvalue weighted by atomic mass is 32.2. The van der Waals surface area contributed by atoms with Gasteiger partial charge in [-0.3, -0.25) is 0 Å². The Balaban J connectivity index is 3.76. The molecule has 1 aromatic carbocycles. The monoisotopic (exact) mass is 316 g/mol. The van der Waals surface area contributed by atoms with Gasteiger partial charge in [0.1, 0.15) is 5.75 Å². The van der Waals surface area contributed by atoms with E-state index in [2.05, 4.69) is 26.5 Å². The zero-order valence-electron chi connectivity index (χ0n) is 12.9. The fraction of sp³-hybridized carbons (Fsp3) is 0.600. The van der Waals surface area contributed by atoms with Gasteiger partial charge in [-0.2, -0.15) is 8.42 Å². The minimum atomic E-state index is -3.53. The highest BCUT2D eigenvalue weighted by molar-refractivity contribution is 7.86. The molecular weight excluding hydrogens is 292 g/mol. The second-order valence-corrected chi connectivity index (χ2v) is 6.82. The van der Waals surface area contributed by atoms with Crippen molar-refractivity contribution >= 4 is 22.7 Å². The summed E-state index contributed by atoms with van der Waals surface area (Å²) >= 11 is 4.67. The van der Waals surface area contributed by atoms with Crippen LogP contribution in [0.2, 0.25) is 0 Å². The third-order valence-corrected chi connectivity index (χ3v) is 4.51. The summed E-state index contributed by atoms with van der Waals surface area (Å²) in [6, 6.07) is 0. The Kier molecular flexibility index (Phi) is 5.95. The molecule has 0 fully saturated rings. The van der Waals surface area contributed by atoms with Crippen LogP contribution < -0.4 is 4.18 Å². The molecule has 0 saturated carbocycles. The van der Waals surface area contributed by atoms with Crippen molar-refractivity contribution in [2.45, 2.75) is 58.3 Å². The number of rotatable bonds is 6. The van der Waals surface area contributed by atoms with E-state index in [9.17, 15) is 8.42 Å². The van der Waals surface area contributed by atoms with Crippen LogP contribution in [0.5, 0.6) is 5.75 Å². The Morgan fingerprint density at radius 3 is 1.45 bits per heavy atom. The highest BCUT2D eigenvalue weighted by Crippen LogP contribution is 2.38. The Hall–Kier alpha value is -0.680. The first kappa shape index (κ1) is 17.4. The predicted molar refractivity (Wildman–Crippen MR) is 86.7 cm³/mol. The summed E-state index contributed by atoms with van der Waals surface area (Å²) in [6.45, 7) is 8.15. The van der Waals surface area contributed by atoms with Gasteiger partial charge in [-0.15, -0.1) is 12.6 Å².